The molecular weight excluding hydrogens is 440 g/mol. The first-order valence-electron chi connectivity index (χ1n) is 12.8. The van der Waals surface area contributed by atoms with Crippen LogP contribution in [0.4, 0.5) is 11.6 Å². The zero-order chi connectivity index (χ0) is 24.4. The van der Waals surface area contributed by atoms with Crippen LogP contribution in [0.15, 0.2) is 18.5 Å². The highest BCUT2D eigenvalue weighted by molar-refractivity contribution is 6.07. The van der Waals surface area contributed by atoms with E-state index >= 15 is 0 Å². The molecule has 35 heavy (non-hydrogen) atoms. The van der Waals surface area contributed by atoms with Crippen molar-refractivity contribution in [3.8, 4) is 0 Å². The minimum absolute atomic E-state index is 0.252. The predicted octanol–water partition coefficient (Wildman–Crippen LogP) is 4.24. The van der Waals surface area contributed by atoms with Crippen molar-refractivity contribution in [2.24, 2.45) is 14.1 Å². The van der Waals surface area contributed by atoms with Gasteiger partial charge in [-0.25, -0.2) is 9.97 Å². The Balaban J connectivity index is 1.42. The van der Waals surface area contributed by atoms with E-state index in [4.69, 9.17) is 4.98 Å². The standard InChI is InChI=1S/C26H34N8O/c1-6-33-18(12-22(35)34(16-7-8-16)17-9-10-17)11-19-24-23(27-14-31(24)4)25(29-26(19)33)28-21-13-20(15(2)3)32(5)30-21/h11,13-17H,6-10,12H2,1-5H3,(H,28,29,30). The van der Waals surface area contributed by atoms with E-state index in [9.17, 15) is 4.79 Å². The van der Waals surface area contributed by atoms with Gasteiger partial charge in [0, 0.05) is 55.6 Å². The summed E-state index contributed by atoms with van der Waals surface area (Å²) in [4.78, 5) is 25.2. The van der Waals surface area contributed by atoms with Gasteiger partial charge in [0.15, 0.2) is 11.6 Å². The maximum atomic E-state index is 13.4. The van der Waals surface area contributed by atoms with Crippen LogP contribution in [0.3, 0.4) is 0 Å². The second-order valence-electron chi connectivity index (χ2n) is 10.4. The van der Waals surface area contributed by atoms with Crippen LogP contribution >= 0.6 is 0 Å². The van der Waals surface area contributed by atoms with Gasteiger partial charge in [0.2, 0.25) is 5.91 Å². The molecule has 6 rings (SSSR count). The quantitative estimate of drug-likeness (QED) is 0.413. The van der Waals surface area contributed by atoms with Crippen LogP contribution in [-0.2, 0) is 31.9 Å². The molecule has 2 fully saturated rings. The molecule has 2 aliphatic rings. The van der Waals surface area contributed by atoms with Crippen molar-refractivity contribution in [3.05, 3.63) is 29.8 Å². The molecule has 0 spiro atoms. The molecule has 9 nitrogen and oxygen atoms in total. The molecule has 0 aromatic carbocycles. The van der Waals surface area contributed by atoms with Gasteiger partial charge < -0.3 is 19.4 Å². The van der Waals surface area contributed by atoms with Crippen LogP contribution in [0, 0.1) is 0 Å². The lowest BCUT2D eigenvalue weighted by Gasteiger charge is -2.22. The molecule has 0 saturated heterocycles. The Morgan fingerprint density at radius 1 is 1.17 bits per heavy atom. The number of anilines is 2. The molecule has 9 heteroatoms. The summed E-state index contributed by atoms with van der Waals surface area (Å²) in [5.74, 6) is 2.06. The average molecular weight is 475 g/mol. The third-order valence-electron chi connectivity index (χ3n) is 7.36. The van der Waals surface area contributed by atoms with Crippen LogP contribution < -0.4 is 5.32 Å². The summed E-state index contributed by atoms with van der Waals surface area (Å²) in [5, 5.41) is 9.10. The van der Waals surface area contributed by atoms with Gasteiger partial charge in [0.05, 0.1) is 18.3 Å². The highest BCUT2D eigenvalue weighted by Gasteiger charge is 2.42. The first kappa shape index (κ1) is 22.1. The van der Waals surface area contributed by atoms with Gasteiger partial charge in [-0.15, -0.1) is 0 Å². The summed E-state index contributed by atoms with van der Waals surface area (Å²) < 4.78 is 6.13. The number of hydrogen-bond acceptors (Lipinski definition) is 5. The molecule has 0 radical (unpaired) electrons. The van der Waals surface area contributed by atoms with Gasteiger partial charge in [-0.2, -0.15) is 5.10 Å². The summed E-state index contributed by atoms with van der Waals surface area (Å²) in [5.41, 5.74) is 4.86. The van der Waals surface area contributed by atoms with Gasteiger partial charge in [-0.1, -0.05) is 13.8 Å². The van der Waals surface area contributed by atoms with Gasteiger partial charge >= 0.3 is 0 Å². The lowest BCUT2D eigenvalue weighted by Crippen LogP contribution is -2.36. The van der Waals surface area contributed by atoms with Crippen molar-refractivity contribution in [3.63, 3.8) is 0 Å². The monoisotopic (exact) mass is 474 g/mol. The molecule has 4 heterocycles. The van der Waals surface area contributed by atoms with Crippen LogP contribution in [0.25, 0.3) is 22.1 Å². The largest absolute Gasteiger partial charge is 0.336 e. The van der Waals surface area contributed by atoms with Crippen molar-refractivity contribution in [2.45, 2.75) is 77.4 Å². The summed E-state index contributed by atoms with van der Waals surface area (Å²) >= 11 is 0. The third-order valence-corrected chi connectivity index (χ3v) is 7.36. The Kier molecular flexibility index (Phi) is 5.12. The molecule has 184 valence electrons. The maximum Gasteiger partial charge on any atom is 0.229 e. The van der Waals surface area contributed by atoms with Crippen LogP contribution in [0.5, 0.6) is 0 Å². The number of fused-ring (bicyclic) bond motifs is 3. The smallest absolute Gasteiger partial charge is 0.229 e. The van der Waals surface area contributed by atoms with E-state index in [1.165, 1.54) is 0 Å². The Bertz CT molecular complexity index is 1420. The normalized spacial score (nSPS) is 16.1. The number of carbonyl (C=O) groups is 1. The van der Waals surface area contributed by atoms with E-state index in [1.54, 1.807) is 0 Å². The van der Waals surface area contributed by atoms with Crippen molar-refractivity contribution in [1.29, 1.82) is 0 Å². The molecule has 1 amide bonds. The van der Waals surface area contributed by atoms with Gasteiger partial charge in [-0.3, -0.25) is 9.48 Å². The van der Waals surface area contributed by atoms with E-state index in [1.807, 2.05) is 29.7 Å². The summed E-state index contributed by atoms with van der Waals surface area (Å²) in [6, 6.07) is 5.13. The first-order valence-corrected chi connectivity index (χ1v) is 12.8. The third kappa shape index (κ3) is 3.77. The Morgan fingerprint density at radius 3 is 2.49 bits per heavy atom. The second kappa shape index (κ2) is 8.10. The maximum absolute atomic E-state index is 13.4. The molecule has 0 atom stereocenters. The fourth-order valence-corrected chi connectivity index (χ4v) is 5.41. The summed E-state index contributed by atoms with van der Waals surface area (Å²) in [6.45, 7) is 7.18. The summed E-state index contributed by atoms with van der Waals surface area (Å²) in [7, 11) is 3.97. The number of rotatable bonds is 8. The van der Waals surface area contributed by atoms with Crippen molar-refractivity contribution in [1.82, 2.24) is 33.8 Å². The van der Waals surface area contributed by atoms with E-state index in [2.05, 4.69) is 57.8 Å². The molecular formula is C26H34N8O. The molecule has 0 unspecified atom stereocenters. The van der Waals surface area contributed by atoms with Gasteiger partial charge in [0.1, 0.15) is 11.2 Å². The minimum Gasteiger partial charge on any atom is -0.336 e. The number of amides is 1. The minimum atomic E-state index is 0.252. The Morgan fingerprint density at radius 2 is 1.89 bits per heavy atom. The van der Waals surface area contributed by atoms with E-state index in [-0.39, 0.29) is 5.91 Å². The van der Waals surface area contributed by atoms with E-state index in [0.717, 1.165) is 71.5 Å². The number of nitrogens with one attached hydrogen (secondary N) is 1. The highest BCUT2D eigenvalue weighted by Crippen LogP contribution is 2.38. The number of carbonyl (C=O) groups excluding carboxylic acids is 1. The Hall–Kier alpha value is -3.36. The van der Waals surface area contributed by atoms with Crippen LogP contribution in [-0.4, -0.2) is 51.8 Å². The van der Waals surface area contributed by atoms with E-state index in [0.29, 0.717) is 30.2 Å². The zero-order valence-electron chi connectivity index (χ0n) is 21.2. The topological polar surface area (TPSA) is 85.8 Å². The number of hydrogen-bond donors (Lipinski definition) is 1. The summed E-state index contributed by atoms with van der Waals surface area (Å²) in [6.07, 6.45) is 6.84. The molecule has 2 saturated carbocycles. The van der Waals surface area contributed by atoms with Crippen LogP contribution in [0.2, 0.25) is 0 Å². The molecule has 4 aromatic heterocycles. The molecule has 2 aliphatic carbocycles. The van der Waals surface area contributed by atoms with Crippen LogP contribution in [0.1, 0.15) is 63.8 Å². The SMILES string of the molecule is CCn1c(CC(=O)N(C2CC2)C2CC2)cc2c3c(ncn3C)c(Nc3cc(C(C)C)n(C)n3)nc21. The molecule has 4 aromatic rings. The van der Waals surface area contributed by atoms with Gasteiger partial charge in [0.25, 0.3) is 0 Å². The van der Waals surface area contributed by atoms with Gasteiger partial charge in [-0.05, 0) is 44.6 Å². The lowest BCUT2D eigenvalue weighted by molar-refractivity contribution is -0.131. The zero-order valence-corrected chi connectivity index (χ0v) is 21.2. The second-order valence-corrected chi connectivity index (χ2v) is 10.4. The fourth-order valence-electron chi connectivity index (χ4n) is 5.41. The molecule has 1 N–H and O–H groups in total. The highest BCUT2D eigenvalue weighted by atomic mass is 16.2. The van der Waals surface area contributed by atoms with Crippen molar-refractivity contribution in [2.75, 3.05) is 5.32 Å². The van der Waals surface area contributed by atoms with Crippen molar-refractivity contribution < 1.29 is 4.79 Å². The number of nitrogens with zero attached hydrogens (tertiary/aromatic N) is 7. The number of imidazole rings is 1. The van der Waals surface area contributed by atoms with Crippen molar-refractivity contribution >= 4 is 39.6 Å². The first-order chi connectivity index (χ1) is 16.9. The number of pyridine rings is 1. The lowest BCUT2D eigenvalue weighted by atomic mass is 10.1. The average Bonchev–Trinajstić information content (AvgIpc) is 3.72. The Labute approximate surface area is 205 Å². The number of aromatic nitrogens is 6. The molecule has 0 aliphatic heterocycles. The fraction of sp³-hybridized carbons (Fsp3) is 0.538. The predicted molar refractivity (Wildman–Crippen MR) is 137 cm³/mol. The number of aryl methyl sites for hydroxylation is 3. The molecule has 0 bridgehead atoms. The van der Waals surface area contributed by atoms with E-state index < -0.39 is 0 Å².